The van der Waals surface area contributed by atoms with Crippen LogP contribution in [0.4, 0.5) is 0 Å². The van der Waals surface area contributed by atoms with Gasteiger partial charge in [0.1, 0.15) is 0 Å². The fourth-order valence-electron chi connectivity index (χ4n) is 1.96. The Morgan fingerprint density at radius 1 is 1.26 bits per heavy atom. The quantitative estimate of drug-likeness (QED) is 0.480. The van der Waals surface area contributed by atoms with Crippen molar-refractivity contribution in [1.82, 2.24) is 5.32 Å². The van der Waals surface area contributed by atoms with Gasteiger partial charge in [-0.15, -0.1) is 0 Å². The van der Waals surface area contributed by atoms with Gasteiger partial charge in [-0.1, -0.05) is 35.4 Å². The number of carbonyl (C=O) groups excluding carboxylic acids is 1. The molecule has 110 valence electrons. The molecule has 1 amide bonds. The lowest BCUT2D eigenvalue weighted by molar-refractivity contribution is -0.136. The second-order valence-electron chi connectivity index (χ2n) is 5.58. The average molecular weight is 305 g/mol. The number of rotatable bonds is 10. The molecule has 0 aromatic heterocycles. The molecule has 0 heterocycles. The van der Waals surface area contributed by atoms with E-state index in [2.05, 4.69) is 19.2 Å². The van der Waals surface area contributed by atoms with Gasteiger partial charge in [0, 0.05) is 24.5 Å². The second kappa shape index (κ2) is 8.04. The van der Waals surface area contributed by atoms with E-state index in [9.17, 15) is 9.59 Å². The molecule has 4 nitrogen and oxygen atoms in total. The van der Waals surface area contributed by atoms with Crippen LogP contribution < -0.4 is 5.32 Å². The van der Waals surface area contributed by atoms with Gasteiger partial charge in [-0.3, -0.25) is 9.59 Å². The van der Waals surface area contributed by atoms with E-state index in [0.29, 0.717) is 18.7 Å². The third-order valence-corrected chi connectivity index (χ3v) is 5.70. The molecule has 0 aliphatic heterocycles. The summed E-state index contributed by atoms with van der Waals surface area (Å²) in [6, 6.07) is 0. The Bertz CT molecular complexity index is 317. The normalized spacial score (nSPS) is 15.3. The maximum atomic E-state index is 11.8. The molecule has 1 rings (SSSR count). The third kappa shape index (κ3) is 7.72. The van der Waals surface area contributed by atoms with Gasteiger partial charge < -0.3 is 10.4 Å². The molecule has 1 aliphatic rings. The molecular formula is C13H23NO3S2. The van der Waals surface area contributed by atoms with E-state index in [-0.39, 0.29) is 17.7 Å². The van der Waals surface area contributed by atoms with Crippen LogP contribution >= 0.6 is 21.6 Å². The summed E-state index contributed by atoms with van der Waals surface area (Å²) in [6.45, 7) is 4.99. The van der Waals surface area contributed by atoms with Crippen molar-refractivity contribution in [3.05, 3.63) is 0 Å². The number of aliphatic carboxylic acids is 1. The van der Waals surface area contributed by atoms with Gasteiger partial charge in [-0.25, -0.2) is 0 Å². The van der Waals surface area contributed by atoms with Crippen LogP contribution in [-0.4, -0.2) is 35.0 Å². The molecule has 0 radical (unpaired) electrons. The highest BCUT2D eigenvalue weighted by atomic mass is 33.1. The zero-order chi connectivity index (χ0) is 14.3. The number of hydrogen-bond acceptors (Lipinski definition) is 4. The summed E-state index contributed by atoms with van der Waals surface area (Å²) in [6.07, 6.45) is 3.32. The Kier molecular flexibility index (Phi) is 7.07. The summed E-state index contributed by atoms with van der Waals surface area (Å²) in [5.74, 6) is 1.53. The first kappa shape index (κ1) is 16.7. The van der Waals surface area contributed by atoms with Gasteiger partial charge in [0.05, 0.1) is 6.42 Å². The molecule has 1 saturated carbocycles. The van der Waals surface area contributed by atoms with Crippen molar-refractivity contribution in [2.45, 2.75) is 39.5 Å². The minimum absolute atomic E-state index is 0.132. The number of carboxylic acid groups (broad SMARTS) is 1. The molecule has 0 aromatic rings. The Morgan fingerprint density at radius 2 is 1.89 bits per heavy atom. The van der Waals surface area contributed by atoms with E-state index in [1.54, 1.807) is 21.6 Å². The van der Waals surface area contributed by atoms with Crippen LogP contribution in [0.1, 0.15) is 39.5 Å². The van der Waals surface area contributed by atoms with E-state index in [4.69, 9.17) is 5.11 Å². The first-order valence-electron chi connectivity index (χ1n) is 6.65. The molecule has 2 N–H and O–H groups in total. The molecule has 0 atom stereocenters. The van der Waals surface area contributed by atoms with Crippen LogP contribution in [0.2, 0.25) is 0 Å². The van der Waals surface area contributed by atoms with Gasteiger partial charge >= 0.3 is 5.97 Å². The predicted octanol–water partition coefficient (Wildman–Crippen LogP) is 2.79. The smallest absolute Gasteiger partial charge is 0.304 e. The fourth-order valence-corrected chi connectivity index (χ4v) is 3.85. The maximum absolute atomic E-state index is 11.8. The topological polar surface area (TPSA) is 66.4 Å². The Labute approximate surface area is 122 Å². The Morgan fingerprint density at radius 3 is 2.47 bits per heavy atom. The highest BCUT2D eigenvalue weighted by Crippen LogP contribution is 2.47. The SMILES string of the molecule is CC(C)(CC(=O)NCCSSCCC(=O)O)C1CC1. The lowest BCUT2D eigenvalue weighted by atomic mass is 9.83. The minimum atomic E-state index is -0.760. The highest BCUT2D eigenvalue weighted by Gasteiger charge is 2.38. The molecule has 0 bridgehead atoms. The fraction of sp³-hybridized carbons (Fsp3) is 0.846. The Balaban J connectivity index is 1.97. The first-order valence-corrected chi connectivity index (χ1v) is 9.13. The van der Waals surface area contributed by atoms with Crippen molar-refractivity contribution in [2.75, 3.05) is 18.1 Å². The molecular weight excluding hydrogens is 282 g/mol. The van der Waals surface area contributed by atoms with Crippen molar-refractivity contribution < 1.29 is 14.7 Å². The molecule has 6 heteroatoms. The van der Waals surface area contributed by atoms with Crippen molar-refractivity contribution in [3.8, 4) is 0 Å². The maximum Gasteiger partial charge on any atom is 0.304 e. The molecule has 0 saturated heterocycles. The van der Waals surface area contributed by atoms with Gasteiger partial charge in [0.2, 0.25) is 5.91 Å². The monoisotopic (exact) mass is 305 g/mol. The van der Waals surface area contributed by atoms with Crippen LogP contribution in [0, 0.1) is 11.3 Å². The largest absolute Gasteiger partial charge is 0.481 e. The summed E-state index contributed by atoms with van der Waals surface area (Å²) in [4.78, 5) is 22.1. The van der Waals surface area contributed by atoms with Crippen LogP contribution in [0.15, 0.2) is 0 Å². The average Bonchev–Trinajstić information content (AvgIpc) is 3.10. The zero-order valence-corrected chi connectivity index (χ0v) is 13.2. The summed E-state index contributed by atoms with van der Waals surface area (Å²) >= 11 is 0. The minimum Gasteiger partial charge on any atom is -0.481 e. The highest BCUT2D eigenvalue weighted by molar-refractivity contribution is 8.76. The van der Waals surface area contributed by atoms with Crippen molar-refractivity contribution in [3.63, 3.8) is 0 Å². The Hall–Kier alpha value is -0.360. The molecule has 1 fully saturated rings. The van der Waals surface area contributed by atoms with Crippen LogP contribution in [0.3, 0.4) is 0 Å². The predicted molar refractivity (Wildman–Crippen MR) is 81.3 cm³/mol. The second-order valence-corrected chi connectivity index (χ2v) is 8.28. The van der Waals surface area contributed by atoms with E-state index in [1.165, 1.54) is 12.8 Å². The first-order chi connectivity index (χ1) is 8.92. The van der Waals surface area contributed by atoms with Crippen molar-refractivity contribution >= 4 is 33.5 Å². The summed E-state index contributed by atoms with van der Waals surface area (Å²) in [7, 11) is 3.16. The molecule has 0 aromatic carbocycles. The zero-order valence-electron chi connectivity index (χ0n) is 11.6. The molecule has 1 aliphatic carbocycles. The van der Waals surface area contributed by atoms with Crippen molar-refractivity contribution in [2.24, 2.45) is 11.3 Å². The van der Waals surface area contributed by atoms with Crippen LogP contribution in [0.5, 0.6) is 0 Å². The lowest BCUT2D eigenvalue weighted by Crippen LogP contribution is -2.31. The van der Waals surface area contributed by atoms with Crippen molar-refractivity contribution in [1.29, 1.82) is 0 Å². The van der Waals surface area contributed by atoms with E-state index < -0.39 is 5.97 Å². The molecule has 19 heavy (non-hydrogen) atoms. The summed E-state index contributed by atoms with van der Waals surface area (Å²) in [5.41, 5.74) is 0.132. The number of nitrogens with one attached hydrogen (secondary N) is 1. The van der Waals surface area contributed by atoms with E-state index in [1.807, 2.05) is 0 Å². The van der Waals surface area contributed by atoms with E-state index in [0.717, 1.165) is 11.7 Å². The van der Waals surface area contributed by atoms with Gasteiger partial charge in [-0.2, -0.15) is 0 Å². The van der Waals surface area contributed by atoms with Crippen LogP contribution in [-0.2, 0) is 9.59 Å². The number of hydrogen-bond donors (Lipinski definition) is 2. The number of carbonyl (C=O) groups is 2. The summed E-state index contributed by atoms with van der Waals surface area (Å²) in [5, 5.41) is 11.4. The number of amides is 1. The van der Waals surface area contributed by atoms with Gasteiger partial charge in [0.15, 0.2) is 0 Å². The van der Waals surface area contributed by atoms with Gasteiger partial charge in [-0.05, 0) is 24.2 Å². The van der Waals surface area contributed by atoms with E-state index >= 15 is 0 Å². The molecule has 0 spiro atoms. The van der Waals surface area contributed by atoms with Crippen LogP contribution in [0.25, 0.3) is 0 Å². The third-order valence-electron chi connectivity index (χ3n) is 3.29. The lowest BCUT2D eigenvalue weighted by Gasteiger charge is -2.23. The number of carboxylic acids is 1. The van der Waals surface area contributed by atoms with Gasteiger partial charge in [0.25, 0.3) is 0 Å². The summed E-state index contributed by atoms with van der Waals surface area (Å²) < 4.78 is 0. The molecule has 0 unspecified atom stereocenters. The standard InChI is InChI=1S/C13H23NO3S2/c1-13(2,10-3-4-10)9-11(15)14-6-8-19-18-7-5-12(16)17/h10H,3-9H2,1-2H3,(H,14,15)(H,16,17).